The average molecular weight is 198 g/mol. The van der Waals surface area contributed by atoms with Crippen LogP contribution in [0, 0.1) is 0 Å². The molecule has 0 heterocycles. The van der Waals surface area contributed by atoms with Crippen LogP contribution in [0.2, 0.25) is 0 Å². The third-order valence-electron chi connectivity index (χ3n) is 2.47. The van der Waals surface area contributed by atoms with Gasteiger partial charge in [-0.1, -0.05) is 51.0 Å². The first-order valence-electron chi connectivity index (χ1n) is 5.99. The molecule has 84 valence electrons. The molecule has 0 aromatic carbocycles. The Labute approximate surface area is 89.2 Å². The van der Waals surface area contributed by atoms with E-state index in [-0.39, 0.29) is 6.10 Å². The van der Waals surface area contributed by atoms with Gasteiger partial charge in [0.05, 0.1) is 6.10 Å². The fourth-order valence-corrected chi connectivity index (χ4v) is 1.66. The summed E-state index contributed by atoms with van der Waals surface area (Å²) in [5.74, 6) is 0. The van der Waals surface area contributed by atoms with Crippen LogP contribution in [0.5, 0.6) is 0 Å². The lowest BCUT2D eigenvalue weighted by molar-refractivity contribution is 0.161. The second-order valence-electron chi connectivity index (χ2n) is 4.37. The monoisotopic (exact) mass is 198 g/mol. The summed E-state index contributed by atoms with van der Waals surface area (Å²) in [6.07, 6.45) is 9.34. The fraction of sp³-hybridized carbons (Fsp3) is 0.846. The molecule has 0 amide bonds. The minimum absolute atomic E-state index is 0.154. The van der Waals surface area contributed by atoms with Crippen molar-refractivity contribution >= 4 is 0 Å². The molecular weight excluding hydrogens is 172 g/mol. The Bertz CT molecular complexity index is 140. The molecule has 0 saturated heterocycles. The molecule has 0 saturated carbocycles. The number of hydrogen-bond acceptors (Lipinski definition) is 1. The molecule has 0 unspecified atom stereocenters. The van der Waals surface area contributed by atoms with Crippen LogP contribution < -0.4 is 0 Å². The molecule has 0 fully saturated rings. The average Bonchev–Trinajstić information content (AvgIpc) is 2.10. The van der Waals surface area contributed by atoms with E-state index >= 15 is 0 Å². The molecule has 1 nitrogen and oxygen atoms in total. The molecule has 1 heteroatoms. The zero-order chi connectivity index (χ0) is 10.8. The fourth-order valence-electron chi connectivity index (χ4n) is 1.66. The normalized spacial score (nSPS) is 12.8. The Kier molecular flexibility index (Phi) is 9.06. The molecule has 0 spiro atoms. The van der Waals surface area contributed by atoms with Gasteiger partial charge >= 0.3 is 0 Å². The summed E-state index contributed by atoms with van der Waals surface area (Å²) in [5.41, 5.74) is 1.09. The van der Waals surface area contributed by atoms with Crippen molar-refractivity contribution in [3.05, 3.63) is 12.2 Å². The quantitative estimate of drug-likeness (QED) is 0.437. The number of unbranched alkanes of at least 4 members (excludes halogenated alkanes) is 5. The van der Waals surface area contributed by atoms with E-state index in [1.165, 1.54) is 32.1 Å². The van der Waals surface area contributed by atoms with Crippen LogP contribution in [0.4, 0.5) is 0 Å². The van der Waals surface area contributed by atoms with Crippen molar-refractivity contribution in [2.45, 2.75) is 71.3 Å². The van der Waals surface area contributed by atoms with Gasteiger partial charge in [0.15, 0.2) is 0 Å². The highest BCUT2D eigenvalue weighted by molar-refractivity contribution is 4.90. The second kappa shape index (κ2) is 9.26. The Morgan fingerprint density at radius 1 is 1.14 bits per heavy atom. The highest BCUT2D eigenvalue weighted by Crippen LogP contribution is 2.12. The van der Waals surface area contributed by atoms with Gasteiger partial charge < -0.3 is 5.11 Å². The van der Waals surface area contributed by atoms with Gasteiger partial charge in [0.2, 0.25) is 0 Å². The molecule has 14 heavy (non-hydrogen) atoms. The predicted octanol–water partition coefficient (Wildman–Crippen LogP) is 4.06. The molecular formula is C13H26O. The Morgan fingerprint density at radius 3 is 2.29 bits per heavy atom. The van der Waals surface area contributed by atoms with Gasteiger partial charge in [-0.05, 0) is 19.8 Å². The third-order valence-corrected chi connectivity index (χ3v) is 2.47. The lowest BCUT2D eigenvalue weighted by Crippen LogP contribution is -2.06. The van der Waals surface area contributed by atoms with E-state index in [9.17, 15) is 5.11 Å². The maximum absolute atomic E-state index is 9.56. The molecule has 0 aromatic heterocycles. The van der Waals surface area contributed by atoms with Gasteiger partial charge in [-0.15, -0.1) is 6.58 Å². The second-order valence-corrected chi connectivity index (χ2v) is 4.37. The lowest BCUT2D eigenvalue weighted by Gasteiger charge is -2.09. The third kappa shape index (κ3) is 9.79. The summed E-state index contributed by atoms with van der Waals surface area (Å²) >= 11 is 0. The molecule has 1 atom stereocenters. The van der Waals surface area contributed by atoms with Crippen LogP contribution in [-0.2, 0) is 0 Å². The largest absolute Gasteiger partial charge is 0.393 e. The molecule has 0 aliphatic rings. The molecule has 0 rings (SSSR count). The van der Waals surface area contributed by atoms with Crippen molar-refractivity contribution in [3.63, 3.8) is 0 Å². The van der Waals surface area contributed by atoms with Gasteiger partial charge in [0.1, 0.15) is 0 Å². The zero-order valence-electron chi connectivity index (χ0n) is 9.89. The van der Waals surface area contributed by atoms with E-state index in [0.29, 0.717) is 0 Å². The summed E-state index contributed by atoms with van der Waals surface area (Å²) in [6.45, 7) is 8.01. The van der Waals surface area contributed by atoms with Crippen LogP contribution in [0.3, 0.4) is 0 Å². The number of aliphatic hydroxyl groups excluding tert-OH is 1. The minimum atomic E-state index is -0.154. The van der Waals surface area contributed by atoms with Crippen molar-refractivity contribution in [1.29, 1.82) is 0 Å². The summed E-state index contributed by atoms with van der Waals surface area (Å²) < 4.78 is 0. The van der Waals surface area contributed by atoms with Crippen LogP contribution in [0.25, 0.3) is 0 Å². The molecule has 1 N–H and O–H groups in total. The highest BCUT2D eigenvalue weighted by Gasteiger charge is 2.03. The van der Waals surface area contributed by atoms with Gasteiger partial charge in [-0.25, -0.2) is 0 Å². The van der Waals surface area contributed by atoms with Crippen LogP contribution in [0.15, 0.2) is 12.2 Å². The highest BCUT2D eigenvalue weighted by atomic mass is 16.3. The Hall–Kier alpha value is -0.300. The van der Waals surface area contributed by atoms with Gasteiger partial charge in [0, 0.05) is 0 Å². The maximum atomic E-state index is 9.56. The van der Waals surface area contributed by atoms with E-state index in [1.807, 2.05) is 6.92 Å². The van der Waals surface area contributed by atoms with E-state index in [2.05, 4.69) is 13.5 Å². The number of rotatable bonds is 9. The molecule has 0 aliphatic heterocycles. The Balaban J connectivity index is 3.14. The minimum Gasteiger partial charge on any atom is -0.393 e. The van der Waals surface area contributed by atoms with Crippen molar-refractivity contribution in [1.82, 2.24) is 0 Å². The summed E-state index contributed by atoms with van der Waals surface area (Å²) in [4.78, 5) is 0. The van der Waals surface area contributed by atoms with E-state index in [1.54, 1.807) is 0 Å². The van der Waals surface area contributed by atoms with E-state index in [0.717, 1.165) is 24.8 Å². The standard InChI is InChI=1S/C13H26O/c1-4-5-6-7-8-9-10-13(14)11-12(2)3/h13-14H,2,4-11H2,1,3H3/t13-/m1/s1. The maximum Gasteiger partial charge on any atom is 0.0577 e. The van der Waals surface area contributed by atoms with Crippen molar-refractivity contribution < 1.29 is 5.11 Å². The van der Waals surface area contributed by atoms with Crippen molar-refractivity contribution in [3.8, 4) is 0 Å². The number of hydrogen-bond donors (Lipinski definition) is 1. The van der Waals surface area contributed by atoms with Crippen molar-refractivity contribution in [2.75, 3.05) is 0 Å². The SMILES string of the molecule is C=C(C)C[C@H](O)CCCCCCCC. The summed E-state index contributed by atoms with van der Waals surface area (Å²) in [7, 11) is 0. The van der Waals surface area contributed by atoms with Gasteiger partial charge in [-0.2, -0.15) is 0 Å². The van der Waals surface area contributed by atoms with Crippen LogP contribution >= 0.6 is 0 Å². The first-order valence-corrected chi connectivity index (χ1v) is 5.99. The van der Waals surface area contributed by atoms with E-state index < -0.39 is 0 Å². The lowest BCUT2D eigenvalue weighted by atomic mass is 10.0. The molecule has 0 aromatic rings. The van der Waals surface area contributed by atoms with Gasteiger partial charge in [-0.3, -0.25) is 0 Å². The van der Waals surface area contributed by atoms with E-state index in [4.69, 9.17) is 0 Å². The smallest absolute Gasteiger partial charge is 0.0577 e. The first-order chi connectivity index (χ1) is 6.66. The molecule has 0 bridgehead atoms. The predicted molar refractivity (Wildman–Crippen MR) is 63.4 cm³/mol. The van der Waals surface area contributed by atoms with Crippen LogP contribution in [0.1, 0.15) is 65.2 Å². The summed E-state index contributed by atoms with van der Waals surface area (Å²) in [5, 5.41) is 9.56. The Morgan fingerprint density at radius 2 is 1.71 bits per heavy atom. The van der Waals surface area contributed by atoms with Crippen molar-refractivity contribution in [2.24, 2.45) is 0 Å². The summed E-state index contributed by atoms with van der Waals surface area (Å²) in [6, 6.07) is 0. The molecule has 0 aliphatic carbocycles. The molecule has 0 radical (unpaired) electrons. The van der Waals surface area contributed by atoms with Gasteiger partial charge in [0.25, 0.3) is 0 Å². The zero-order valence-corrected chi connectivity index (χ0v) is 9.89. The van der Waals surface area contributed by atoms with Crippen LogP contribution in [-0.4, -0.2) is 11.2 Å². The topological polar surface area (TPSA) is 20.2 Å². The number of aliphatic hydroxyl groups is 1. The first kappa shape index (κ1) is 13.7.